The van der Waals surface area contributed by atoms with Gasteiger partial charge in [-0.3, -0.25) is 48.8 Å². The summed E-state index contributed by atoms with van der Waals surface area (Å²) in [6.45, 7) is 7.89. The van der Waals surface area contributed by atoms with E-state index in [1.54, 1.807) is 43.5 Å². The number of carbonyl (C=O) groups is 6. The molecular formula is C50H51F3N10O8. The zero-order chi connectivity index (χ0) is 50.7. The van der Waals surface area contributed by atoms with E-state index in [4.69, 9.17) is 15.9 Å². The Bertz CT molecular complexity index is 2840. The highest BCUT2D eigenvalue weighted by atomic mass is 19.4. The molecule has 1 aromatic heterocycles. The van der Waals surface area contributed by atoms with Crippen LogP contribution in [0.1, 0.15) is 77.7 Å². The molecule has 0 bridgehead atoms. The molecule has 4 N–H and O–H groups in total. The Balaban J connectivity index is 0.781. The van der Waals surface area contributed by atoms with Crippen molar-refractivity contribution >= 4 is 53.0 Å². The van der Waals surface area contributed by atoms with Gasteiger partial charge in [0.25, 0.3) is 17.7 Å². The van der Waals surface area contributed by atoms with Gasteiger partial charge >= 0.3 is 6.18 Å². The number of piperazine rings is 1. The molecule has 6 amide bonds. The summed E-state index contributed by atoms with van der Waals surface area (Å²) >= 11 is 0. The molecule has 0 spiro atoms. The molecule has 4 heterocycles. The lowest BCUT2D eigenvalue weighted by molar-refractivity contribution is -0.138. The number of nitrogens with zero attached hydrogens (tertiary/aromatic N) is 6. The van der Waals surface area contributed by atoms with Crippen molar-refractivity contribution in [1.29, 1.82) is 0 Å². The van der Waals surface area contributed by atoms with Gasteiger partial charge in [-0.05, 0) is 73.7 Å². The first-order valence-corrected chi connectivity index (χ1v) is 22.7. The van der Waals surface area contributed by atoms with Crippen LogP contribution < -0.4 is 21.3 Å². The Labute approximate surface area is 407 Å². The first kappa shape index (κ1) is 51.2. The molecule has 2 saturated heterocycles. The second-order valence-corrected chi connectivity index (χ2v) is 16.7. The lowest BCUT2D eigenvalue weighted by Gasteiger charge is -2.35. The molecule has 3 aliphatic rings. The number of amides is 6. The Morgan fingerprint density at radius 1 is 0.944 bits per heavy atom. The standard InChI is InChI=1S/C50H51F3N10O8/c1-4-16-57-63-33(3)55-29-38(63)13-11-34-27-35(9-8-32(34)2)46(66)58-37-12-10-36(40(28-37)50(51,52)53)31-61-20-18-60(19-21-61)22-24-71-26-25-70-23-17-54-44(65)30-56-41-7-5-6-39-45(41)49(69)62(48(39)68)42-14-15-43(64)59-47(42)67/h1,5-10,12,16,27-29,42,56H,14-15,17-26,30-31H2,2-3H3,(H,54,65)(H,58,66)(H,59,64,67)/b57-16-. The highest BCUT2D eigenvalue weighted by molar-refractivity contribution is 6.25. The third kappa shape index (κ3) is 12.9. The van der Waals surface area contributed by atoms with Crippen LogP contribution in [-0.4, -0.2) is 144 Å². The van der Waals surface area contributed by atoms with E-state index < -0.39 is 47.3 Å². The van der Waals surface area contributed by atoms with Gasteiger partial charge in [0, 0.05) is 74.7 Å². The number of aromatic nitrogens is 2. The summed E-state index contributed by atoms with van der Waals surface area (Å²) in [6.07, 6.45) is 3.48. The van der Waals surface area contributed by atoms with Crippen LogP contribution in [0.2, 0.25) is 0 Å². The minimum atomic E-state index is -4.66. The third-order valence-corrected chi connectivity index (χ3v) is 11.9. The molecule has 3 aromatic carbocycles. The second-order valence-electron chi connectivity index (χ2n) is 16.7. The SMILES string of the molecule is C#C/C=N\n1c(C#Cc2cc(C(=O)Nc3ccc(CN4CCN(CCOCCOCCNC(=O)CNc5cccc6c5C(=O)N(C5CCC(=O)NC5=O)C6=O)CC4)c(C(F)(F)F)c3)ccc2C)cnc1C. The summed E-state index contributed by atoms with van der Waals surface area (Å²) in [4.78, 5) is 85.3. The molecule has 0 saturated carbocycles. The van der Waals surface area contributed by atoms with Gasteiger partial charge in [-0.2, -0.15) is 18.3 Å². The van der Waals surface area contributed by atoms with Gasteiger partial charge in [0.2, 0.25) is 17.7 Å². The predicted octanol–water partition coefficient (Wildman–Crippen LogP) is 3.42. The van der Waals surface area contributed by atoms with Crippen molar-refractivity contribution in [3.05, 3.63) is 111 Å². The number of alkyl halides is 3. The van der Waals surface area contributed by atoms with Gasteiger partial charge in [-0.1, -0.05) is 30.0 Å². The summed E-state index contributed by atoms with van der Waals surface area (Å²) in [7, 11) is 0. The molecule has 2 fully saturated rings. The molecule has 7 rings (SSSR count). The van der Waals surface area contributed by atoms with Crippen molar-refractivity contribution in [2.75, 3.05) is 82.9 Å². The summed E-state index contributed by atoms with van der Waals surface area (Å²) in [5, 5.41) is 14.5. The van der Waals surface area contributed by atoms with E-state index in [0.29, 0.717) is 63.0 Å². The first-order valence-electron chi connectivity index (χ1n) is 22.7. The zero-order valence-electron chi connectivity index (χ0n) is 39.0. The Hall–Kier alpha value is -7.69. The number of ether oxygens (including phenoxy) is 2. The van der Waals surface area contributed by atoms with Crippen LogP contribution in [0.5, 0.6) is 0 Å². The number of hydrogen-bond acceptors (Lipinski definition) is 13. The van der Waals surface area contributed by atoms with Crippen LogP contribution in [0.25, 0.3) is 0 Å². The van der Waals surface area contributed by atoms with E-state index in [2.05, 4.69) is 54.0 Å². The largest absolute Gasteiger partial charge is 0.416 e. The summed E-state index contributed by atoms with van der Waals surface area (Å²) in [5.41, 5.74) is 1.72. The minimum absolute atomic E-state index is 0.000972. The lowest BCUT2D eigenvalue weighted by Crippen LogP contribution is -2.54. The molecule has 21 heteroatoms. The van der Waals surface area contributed by atoms with E-state index in [0.717, 1.165) is 16.5 Å². The van der Waals surface area contributed by atoms with Crippen molar-refractivity contribution in [2.45, 2.75) is 45.5 Å². The van der Waals surface area contributed by atoms with Crippen LogP contribution in [-0.2, 0) is 36.6 Å². The van der Waals surface area contributed by atoms with E-state index in [-0.39, 0.29) is 85.2 Å². The smallest absolute Gasteiger partial charge is 0.378 e. The van der Waals surface area contributed by atoms with Crippen molar-refractivity contribution in [3.63, 3.8) is 0 Å². The molecule has 4 aromatic rings. The van der Waals surface area contributed by atoms with Crippen molar-refractivity contribution in [1.82, 2.24) is 35.0 Å². The monoisotopic (exact) mass is 976 g/mol. The summed E-state index contributed by atoms with van der Waals surface area (Å²) in [6, 6.07) is 12.2. The lowest BCUT2D eigenvalue weighted by atomic mass is 10.0. The second kappa shape index (κ2) is 23.3. The number of terminal acetylenes is 1. The van der Waals surface area contributed by atoms with Crippen LogP contribution >= 0.6 is 0 Å². The average molecular weight is 977 g/mol. The molecule has 370 valence electrons. The zero-order valence-corrected chi connectivity index (χ0v) is 39.0. The number of carbonyl (C=O) groups excluding carboxylic acids is 6. The maximum absolute atomic E-state index is 14.4. The fourth-order valence-electron chi connectivity index (χ4n) is 8.14. The van der Waals surface area contributed by atoms with E-state index in [1.807, 2.05) is 11.8 Å². The van der Waals surface area contributed by atoms with Gasteiger partial charge < -0.3 is 25.4 Å². The number of imidazole rings is 1. The Morgan fingerprint density at radius 2 is 1.70 bits per heavy atom. The maximum Gasteiger partial charge on any atom is 0.416 e. The predicted molar refractivity (Wildman–Crippen MR) is 254 cm³/mol. The molecule has 71 heavy (non-hydrogen) atoms. The van der Waals surface area contributed by atoms with Gasteiger partial charge in [0.15, 0.2) is 0 Å². The number of imide groups is 2. The van der Waals surface area contributed by atoms with Crippen molar-refractivity contribution < 1.29 is 51.4 Å². The topological polar surface area (TPSA) is 209 Å². The molecule has 1 atom stereocenters. The third-order valence-electron chi connectivity index (χ3n) is 11.9. The quantitative estimate of drug-likeness (QED) is 0.0490. The van der Waals surface area contributed by atoms with Crippen molar-refractivity contribution in [2.24, 2.45) is 5.10 Å². The van der Waals surface area contributed by atoms with Crippen LogP contribution in [0.15, 0.2) is 65.9 Å². The number of hydrogen-bond donors (Lipinski definition) is 4. The molecule has 18 nitrogen and oxygen atoms in total. The molecule has 3 aliphatic heterocycles. The number of benzene rings is 3. The summed E-state index contributed by atoms with van der Waals surface area (Å²) in [5.74, 6) is 5.42. The number of fused-ring (bicyclic) bond motifs is 1. The van der Waals surface area contributed by atoms with Gasteiger partial charge in [-0.15, -0.1) is 6.42 Å². The average Bonchev–Trinajstić information content (AvgIpc) is 3.83. The first-order chi connectivity index (χ1) is 34.1. The number of aryl methyl sites for hydroxylation is 2. The molecule has 0 radical (unpaired) electrons. The molecular weight excluding hydrogens is 926 g/mol. The van der Waals surface area contributed by atoms with Crippen LogP contribution in [0.3, 0.4) is 0 Å². The number of rotatable bonds is 18. The van der Waals surface area contributed by atoms with Crippen LogP contribution in [0, 0.1) is 38.0 Å². The number of piperidine rings is 1. The van der Waals surface area contributed by atoms with Gasteiger partial charge in [0.1, 0.15) is 17.6 Å². The maximum atomic E-state index is 14.4. The number of halogens is 3. The normalized spacial score (nSPS) is 16.3. The van der Waals surface area contributed by atoms with E-state index in [1.165, 1.54) is 29.1 Å². The highest BCUT2D eigenvalue weighted by Crippen LogP contribution is 2.35. The minimum Gasteiger partial charge on any atom is -0.378 e. The van der Waals surface area contributed by atoms with Gasteiger partial charge in [0.05, 0.1) is 62.1 Å². The van der Waals surface area contributed by atoms with Crippen LogP contribution in [0.4, 0.5) is 24.5 Å². The molecule has 1 unspecified atom stereocenters. The Kier molecular flexibility index (Phi) is 16.8. The fraction of sp³-hybridized carbons (Fsp3) is 0.360. The van der Waals surface area contributed by atoms with E-state index in [9.17, 15) is 41.9 Å². The van der Waals surface area contributed by atoms with Gasteiger partial charge in [-0.25, -0.2) is 9.66 Å². The Morgan fingerprint density at radius 3 is 2.45 bits per heavy atom. The fourth-order valence-corrected chi connectivity index (χ4v) is 8.14. The highest BCUT2D eigenvalue weighted by Gasteiger charge is 2.45. The van der Waals surface area contributed by atoms with Crippen molar-refractivity contribution in [3.8, 4) is 24.2 Å². The number of anilines is 2. The number of nitrogens with one attached hydrogen (secondary N) is 4. The summed E-state index contributed by atoms with van der Waals surface area (Å²) < 4.78 is 56.0. The van der Waals surface area contributed by atoms with E-state index >= 15 is 0 Å². The molecule has 0 aliphatic carbocycles.